The third-order valence-corrected chi connectivity index (χ3v) is 2.68. The molecule has 0 unspecified atom stereocenters. The van der Waals surface area contributed by atoms with Gasteiger partial charge in [0.25, 0.3) is 0 Å². The predicted octanol–water partition coefficient (Wildman–Crippen LogP) is 1.09. The van der Waals surface area contributed by atoms with Gasteiger partial charge in [-0.1, -0.05) is 30.3 Å². The molecule has 2 rings (SSSR count). The molecule has 0 fully saturated rings. The lowest BCUT2D eigenvalue weighted by atomic mass is 9.79. The van der Waals surface area contributed by atoms with E-state index in [9.17, 15) is 14.4 Å². The Morgan fingerprint density at radius 3 is 2.65 bits per heavy atom. The number of hydrogen-bond donors (Lipinski definition) is 2. The molecule has 0 spiro atoms. The van der Waals surface area contributed by atoms with Gasteiger partial charge in [-0.3, -0.25) is 0 Å². The summed E-state index contributed by atoms with van der Waals surface area (Å²) in [6.45, 7) is 0.0389. The minimum atomic E-state index is -2.76. The van der Waals surface area contributed by atoms with Crippen molar-refractivity contribution in [2.24, 2.45) is 0 Å². The van der Waals surface area contributed by atoms with Crippen LogP contribution < -0.4 is 14.9 Å². The highest BCUT2D eigenvalue weighted by atomic mass is 19.1. The molecule has 0 heterocycles. The number of rotatable bonds is 5. The molecule has 2 aromatic carbocycles. The van der Waals surface area contributed by atoms with Crippen molar-refractivity contribution < 1.29 is 28.0 Å². The van der Waals surface area contributed by atoms with Crippen LogP contribution in [0.15, 0.2) is 42.5 Å². The second-order valence-corrected chi connectivity index (χ2v) is 4.07. The first kappa shape index (κ1) is 10.7. The number of hydrogen-bond acceptors (Lipinski definition) is 4. The van der Waals surface area contributed by atoms with E-state index >= 15 is 0 Å². The number of halogens is 1. The Bertz CT molecular complexity index is 665. The SMILES string of the molecule is [2H]C([2H])([2H])Oc1cc(F)c(B(O)O)c(OCc2ccccc2)c1. The summed E-state index contributed by atoms with van der Waals surface area (Å²) in [6.07, 6.45) is 0. The molecular formula is C14H14BFO4. The van der Waals surface area contributed by atoms with Crippen LogP contribution in [-0.2, 0) is 6.61 Å². The molecule has 0 saturated heterocycles. The zero-order valence-corrected chi connectivity index (χ0v) is 10.4. The molecule has 0 saturated carbocycles. The zero-order valence-electron chi connectivity index (χ0n) is 13.4. The lowest BCUT2D eigenvalue weighted by molar-refractivity contribution is 0.302. The summed E-state index contributed by atoms with van der Waals surface area (Å²) in [5, 5.41) is 18.6. The number of methoxy groups -OCH3 is 1. The second-order valence-electron chi connectivity index (χ2n) is 4.07. The minimum Gasteiger partial charge on any atom is -0.497 e. The lowest BCUT2D eigenvalue weighted by Crippen LogP contribution is -2.34. The molecule has 0 bridgehead atoms. The summed E-state index contributed by atoms with van der Waals surface area (Å²) in [5.74, 6) is -1.54. The van der Waals surface area contributed by atoms with E-state index in [0.717, 1.165) is 17.7 Å². The summed E-state index contributed by atoms with van der Waals surface area (Å²) in [7, 11) is -4.87. The van der Waals surface area contributed by atoms with Crippen LogP contribution in [0.5, 0.6) is 11.5 Å². The van der Waals surface area contributed by atoms with Gasteiger partial charge in [-0.25, -0.2) is 4.39 Å². The Morgan fingerprint density at radius 2 is 2.00 bits per heavy atom. The first-order valence-electron chi connectivity index (χ1n) is 7.31. The van der Waals surface area contributed by atoms with Gasteiger partial charge in [-0.05, 0) is 5.56 Å². The van der Waals surface area contributed by atoms with Crippen LogP contribution in [0.3, 0.4) is 0 Å². The maximum absolute atomic E-state index is 14.0. The van der Waals surface area contributed by atoms with Gasteiger partial charge in [-0.2, -0.15) is 0 Å². The van der Waals surface area contributed by atoms with Crippen molar-refractivity contribution in [2.45, 2.75) is 6.61 Å². The van der Waals surface area contributed by atoms with E-state index in [1.165, 1.54) is 0 Å². The van der Waals surface area contributed by atoms with E-state index in [4.69, 9.17) is 8.85 Å². The van der Waals surface area contributed by atoms with E-state index in [0.29, 0.717) is 0 Å². The molecule has 0 radical (unpaired) electrons. The molecule has 6 heteroatoms. The normalized spacial score (nSPS) is 13.1. The van der Waals surface area contributed by atoms with Crippen molar-refractivity contribution >= 4 is 12.6 Å². The van der Waals surface area contributed by atoms with E-state index in [1.54, 1.807) is 24.3 Å². The van der Waals surface area contributed by atoms with E-state index in [2.05, 4.69) is 4.74 Å². The molecule has 2 N–H and O–H groups in total. The molecule has 0 aromatic heterocycles. The van der Waals surface area contributed by atoms with Crippen molar-refractivity contribution in [3.63, 3.8) is 0 Å². The summed E-state index contributed by atoms with van der Waals surface area (Å²) >= 11 is 0. The Kier molecular flexibility index (Phi) is 3.43. The Labute approximate surface area is 120 Å². The average molecular weight is 279 g/mol. The molecule has 0 aliphatic carbocycles. The summed E-state index contributed by atoms with van der Waals surface area (Å²) in [5.41, 5.74) is 0.284. The maximum Gasteiger partial charge on any atom is 0.495 e. The van der Waals surface area contributed by atoms with Crippen LogP contribution in [0, 0.1) is 5.82 Å². The van der Waals surface area contributed by atoms with Crippen LogP contribution in [0.25, 0.3) is 0 Å². The van der Waals surface area contributed by atoms with Gasteiger partial charge >= 0.3 is 7.12 Å². The highest BCUT2D eigenvalue weighted by Crippen LogP contribution is 2.21. The zero-order chi connectivity index (χ0) is 17.0. The number of ether oxygens (including phenoxy) is 2. The highest BCUT2D eigenvalue weighted by Gasteiger charge is 2.23. The van der Waals surface area contributed by atoms with Crippen LogP contribution in [0.2, 0.25) is 0 Å². The highest BCUT2D eigenvalue weighted by molar-refractivity contribution is 6.59. The topological polar surface area (TPSA) is 58.9 Å². The van der Waals surface area contributed by atoms with Gasteiger partial charge in [0.1, 0.15) is 23.9 Å². The van der Waals surface area contributed by atoms with E-state index < -0.39 is 25.4 Å². The quantitative estimate of drug-likeness (QED) is 0.804. The lowest BCUT2D eigenvalue weighted by Gasteiger charge is -2.13. The first-order valence-corrected chi connectivity index (χ1v) is 5.81. The average Bonchev–Trinajstić information content (AvgIpc) is 2.43. The maximum atomic E-state index is 14.0. The molecule has 104 valence electrons. The van der Waals surface area contributed by atoms with Crippen molar-refractivity contribution in [3.05, 3.63) is 53.8 Å². The van der Waals surface area contributed by atoms with Crippen LogP contribution >= 0.6 is 0 Å². The molecule has 4 nitrogen and oxygen atoms in total. The number of benzene rings is 2. The third-order valence-electron chi connectivity index (χ3n) is 2.68. The summed E-state index contributed by atoms with van der Waals surface area (Å²) < 4.78 is 45.1. The minimum absolute atomic E-state index is 0.0389. The third kappa shape index (κ3) is 3.29. The first-order chi connectivity index (χ1) is 10.8. The molecule has 2 aromatic rings. The van der Waals surface area contributed by atoms with Gasteiger partial charge in [0.2, 0.25) is 0 Å². The fraction of sp³-hybridized carbons (Fsp3) is 0.143. The Morgan fingerprint density at radius 1 is 1.25 bits per heavy atom. The molecular weight excluding hydrogens is 262 g/mol. The van der Waals surface area contributed by atoms with Gasteiger partial charge < -0.3 is 19.5 Å². The van der Waals surface area contributed by atoms with Gasteiger partial charge in [0, 0.05) is 12.1 Å². The van der Waals surface area contributed by atoms with Gasteiger partial charge in [0.15, 0.2) is 0 Å². The van der Waals surface area contributed by atoms with Crippen molar-refractivity contribution in [1.82, 2.24) is 0 Å². The van der Waals surface area contributed by atoms with Crippen LogP contribution in [-0.4, -0.2) is 24.2 Å². The molecule has 0 atom stereocenters. The summed E-state index contributed by atoms with van der Waals surface area (Å²) in [6, 6.07) is 10.8. The van der Waals surface area contributed by atoms with E-state index in [-0.39, 0.29) is 18.1 Å². The molecule has 0 amide bonds. The molecule has 0 aliphatic rings. The fourth-order valence-electron chi connectivity index (χ4n) is 1.73. The van der Waals surface area contributed by atoms with E-state index in [1.807, 2.05) is 6.07 Å². The summed E-state index contributed by atoms with van der Waals surface area (Å²) in [4.78, 5) is 0. The molecule has 20 heavy (non-hydrogen) atoms. The second kappa shape index (κ2) is 6.41. The predicted molar refractivity (Wildman–Crippen MR) is 73.6 cm³/mol. The van der Waals surface area contributed by atoms with Gasteiger partial charge in [0.05, 0.1) is 16.6 Å². The standard InChI is InChI=1S/C14H14BFO4/c1-19-11-7-12(16)14(15(17)18)13(8-11)20-9-10-5-3-2-4-6-10/h2-8,17-18H,9H2,1H3/i1D3. The smallest absolute Gasteiger partial charge is 0.495 e. The monoisotopic (exact) mass is 279 g/mol. The van der Waals surface area contributed by atoms with Crippen molar-refractivity contribution in [2.75, 3.05) is 7.04 Å². The Balaban J connectivity index is 2.30. The Hall–Kier alpha value is -2.05. The van der Waals surface area contributed by atoms with Crippen LogP contribution in [0.1, 0.15) is 9.68 Å². The largest absolute Gasteiger partial charge is 0.497 e. The molecule has 0 aliphatic heterocycles. The van der Waals surface area contributed by atoms with Crippen LogP contribution in [0.4, 0.5) is 4.39 Å². The fourth-order valence-corrected chi connectivity index (χ4v) is 1.73. The van der Waals surface area contributed by atoms with Crippen molar-refractivity contribution in [3.8, 4) is 11.5 Å². The van der Waals surface area contributed by atoms with Gasteiger partial charge in [-0.15, -0.1) is 0 Å². The van der Waals surface area contributed by atoms with Crippen molar-refractivity contribution in [1.29, 1.82) is 0 Å².